The lowest BCUT2D eigenvalue weighted by molar-refractivity contribution is -0.151. The summed E-state index contributed by atoms with van der Waals surface area (Å²) in [6.45, 7) is 5.31. The molecule has 0 spiro atoms. The third-order valence-corrected chi connectivity index (χ3v) is 1.91. The van der Waals surface area contributed by atoms with Crippen LogP contribution < -0.4 is 5.32 Å². The Balaban J connectivity index is 4.13. The molecule has 2 N–H and O–H groups in total. The fourth-order valence-electron chi connectivity index (χ4n) is 1.08. The summed E-state index contributed by atoms with van der Waals surface area (Å²) in [6, 6.07) is 0. The Morgan fingerprint density at radius 2 is 1.81 bits per heavy atom. The molecule has 0 bridgehead atoms. The predicted molar refractivity (Wildman–Crippen MR) is 56.8 cm³/mol. The van der Waals surface area contributed by atoms with Crippen molar-refractivity contribution in [3.8, 4) is 0 Å². The fourth-order valence-corrected chi connectivity index (χ4v) is 1.08. The zero-order valence-corrected chi connectivity index (χ0v) is 9.86. The van der Waals surface area contributed by atoms with Gasteiger partial charge in [-0.1, -0.05) is 0 Å². The van der Waals surface area contributed by atoms with Gasteiger partial charge in [0.15, 0.2) is 0 Å². The summed E-state index contributed by atoms with van der Waals surface area (Å²) in [6.07, 6.45) is -1.50. The highest BCUT2D eigenvalue weighted by Crippen LogP contribution is 2.05. The number of esters is 1. The van der Waals surface area contributed by atoms with Crippen LogP contribution in [0.25, 0.3) is 0 Å². The number of aliphatic hydroxyl groups is 1. The molecule has 0 unspecified atom stereocenters. The van der Waals surface area contributed by atoms with Gasteiger partial charge >= 0.3 is 12.1 Å². The third-order valence-electron chi connectivity index (χ3n) is 1.91. The summed E-state index contributed by atoms with van der Waals surface area (Å²) in [5.41, 5.74) is 0. The average molecular weight is 233 g/mol. The van der Waals surface area contributed by atoms with Gasteiger partial charge in [-0.15, -0.1) is 0 Å². The van der Waals surface area contributed by atoms with Gasteiger partial charge in [0.05, 0.1) is 25.2 Å². The van der Waals surface area contributed by atoms with E-state index in [0.717, 1.165) is 0 Å². The molecule has 0 aromatic carbocycles. The van der Waals surface area contributed by atoms with Crippen LogP contribution in [0.1, 0.15) is 20.8 Å². The van der Waals surface area contributed by atoms with E-state index in [1.54, 1.807) is 13.8 Å². The van der Waals surface area contributed by atoms with E-state index in [4.69, 9.17) is 4.74 Å². The Labute approximate surface area is 94.9 Å². The molecule has 2 atom stereocenters. The summed E-state index contributed by atoms with van der Waals surface area (Å²) < 4.78 is 9.39. The van der Waals surface area contributed by atoms with Crippen molar-refractivity contribution in [3.05, 3.63) is 0 Å². The molecule has 0 aliphatic carbocycles. The highest BCUT2D eigenvalue weighted by Gasteiger charge is 2.25. The van der Waals surface area contributed by atoms with Crippen LogP contribution in [-0.4, -0.2) is 43.0 Å². The molecular formula is C10H19NO5. The summed E-state index contributed by atoms with van der Waals surface area (Å²) in [4.78, 5) is 22.4. The van der Waals surface area contributed by atoms with Gasteiger partial charge in [0.2, 0.25) is 0 Å². The topological polar surface area (TPSA) is 84.9 Å². The maximum absolute atomic E-state index is 11.4. The molecule has 16 heavy (non-hydrogen) atoms. The molecule has 1 amide bonds. The Kier molecular flexibility index (Phi) is 7.28. The molecule has 0 rings (SSSR count). The fraction of sp³-hybridized carbons (Fsp3) is 0.800. The number of rotatable bonds is 6. The molecule has 0 heterocycles. The highest BCUT2D eigenvalue weighted by molar-refractivity contribution is 5.74. The van der Waals surface area contributed by atoms with Crippen molar-refractivity contribution in [2.24, 2.45) is 5.92 Å². The number of carbonyl (C=O) groups is 2. The van der Waals surface area contributed by atoms with Crippen LogP contribution in [0.2, 0.25) is 0 Å². The van der Waals surface area contributed by atoms with E-state index < -0.39 is 24.1 Å². The number of hydrogen-bond acceptors (Lipinski definition) is 5. The molecule has 0 fully saturated rings. The van der Waals surface area contributed by atoms with Crippen LogP contribution in [0.4, 0.5) is 4.79 Å². The number of alkyl carbamates (subject to hydrolysis) is 1. The number of amides is 1. The standard InChI is InChI=1S/C10H19NO5/c1-4-15-9(13)8(7(3)12)6-11-10(14)16-5-2/h7-8,12H,4-6H2,1-3H3,(H,11,14)/t7-,8+/m1/s1. The molecule has 0 aliphatic rings. The van der Waals surface area contributed by atoms with Crippen LogP contribution in [0.5, 0.6) is 0 Å². The highest BCUT2D eigenvalue weighted by atomic mass is 16.5. The van der Waals surface area contributed by atoms with Gasteiger partial charge in [-0.05, 0) is 20.8 Å². The van der Waals surface area contributed by atoms with Gasteiger partial charge in [-0.25, -0.2) is 4.79 Å². The van der Waals surface area contributed by atoms with Crippen LogP contribution >= 0.6 is 0 Å². The molecule has 0 saturated carbocycles. The van der Waals surface area contributed by atoms with Crippen molar-refractivity contribution >= 4 is 12.1 Å². The van der Waals surface area contributed by atoms with Crippen LogP contribution in [0, 0.1) is 5.92 Å². The Morgan fingerprint density at radius 1 is 1.25 bits per heavy atom. The second-order valence-electron chi connectivity index (χ2n) is 3.20. The van der Waals surface area contributed by atoms with E-state index in [1.807, 2.05) is 0 Å². The van der Waals surface area contributed by atoms with Gasteiger partial charge in [0.25, 0.3) is 0 Å². The van der Waals surface area contributed by atoms with Crippen molar-refractivity contribution in [2.75, 3.05) is 19.8 Å². The van der Waals surface area contributed by atoms with E-state index in [2.05, 4.69) is 10.1 Å². The summed E-state index contributed by atoms with van der Waals surface area (Å²) >= 11 is 0. The second kappa shape index (κ2) is 7.92. The first-order valence-corrected chi connectivity index (χ1v) is 5.28. The minimum absolute atomic E-state index is 0.00463. The number of hydrogen-bond donors (Lipinski definition) is 2. The zero-order chi connectivity index (χ0) is 12.6. The van der Waals surface area contributed by atoms with Crippen molar-refractivity contribution in [3.63, 3.8) is 0 Å². The third kappa shape index (κ3) is 5.55. The van der Waals surface area contributed by atoms with Gasteiger partial charge in [-0.2, -0.15) is 0 Å². The van der Waals surface area contributed by atoms with Gasteiger partial charge in [-0.3, -0.25) is 4.79 Å². The van der Waals surface area contributed by atoms with E-state index >= 15 is 0 Å². The van der Waals surface area contributed by atoms with Gasteiger partial charge in [0, 0.05) is 6.54 Å². The lowest BCUT2D eigenvalue weighted by atomic mass is 10.0. The first-order valence-electron chi connectivity index (χ1n) is 5.28. The molecule has 6 nitrogen and oxygen atoms in total. The maximum atomic E-state index is 11.4. The molecule has 94 valence electrons. The van der Waals surface area contributed by atoms with E-state index in [0.29, 0.717) is 0 Å². The second-order valence-corrected chi connectivity index (χ2v) is 3.20. The number of aliphatic hydroxyl groups excluding tert-OH is 1. The molecule has 6 heteroatoms. The van der Waals surface area contributed by atoms with E-state index in [-0.39, 0.29) is 19.8 Å². The number of ether oxygens (including phenoxy) is 2. The molecular weight excluding hydrogens is 214 g/mol. The maximum Gasteiger partial charge on any atom is 0.407 e. The predicted octanol–water partition coefficient (Wildman–Crippen LogP) is 0.293. The minimum atomic E-state index is -0.888. The van der Waals surface area contributed by atoms with Crippen LogP contribution in [0.3, 0.4) is 0 Å². The van der Waals surface area contributed by atoms with E-state index in [1.165, 1.54) is 6.92 Å². The lowest BCUT2D eigenvalue weighted by Gasteiger charge is -2.18. The lowest BCUT2D eigenvalue weighted by Crippen LogP contribution is -2.39. The van der Waals surface area contributed by atoms with Gasteiger partial charge < -0.3 is 19.9 Å². The zero-order valence-electron chi connectivity index (χ0n) is 9.86. The monoisotopic (exact) mass is 233 g/mol. The smallest absolute Gasteiger partial charge is 0.407 e. The van der Waals surface area contributed by atoms with Crippen molar-refractivity contribution in [2.45, 2.75) is 26.9 Å². The Morgan fingerprint density at radius 3 is 2.25 bits per heavy atom. The number of nitrogens with one attached hydrogen (secondary N) is 1. The molecule has 0 aromatic rings. The molecule has 0 aliphatic heterocycles. The average Bonchev–Trinajstić information content (AvgIpc) is 2.18. The summed E-state index contributed by atoms with van der Waals surface area (Å²) in [5.74, 6) is -1.31. The minimum Gasteiger partial charge on any atom is -0.466 e. The Hall–Kier alpha value is -1.30. The molecule has 0 radical (unpaired) electrons. The quantitative estimate of drug-likeness (QED) is 0.644. The first-order chi connectivity index (χ1) is 7.52. The molecule has 0 aromatic heterocycles. The number of carbonyl (C=O) groups excluding carboxylic acids is 2. The van der Waals surface area contributed by atoms with Crippen molar-refractivity contribution < 1.29 is 24.2 Å². The normalized spacial score (nSPS) is 13.8. The summed E-state index contributed by atoms with van der Waals surface area (Å²) in [5, 5.41) is 11.7. The van der Waals surface area contributed by atoms with Crippen molar-refractivity contribution in [1.29, 1.82) is 0 Å². The largest absolute Gasteiger partial charge is 0.466 e. The first kappa shape index (κ1) is 14.7. The SMILES string of the molecule is CCOC(=O)NC[C@H](C(=O)OCC)[C@@H](C)O. The van der Waals surface area contributed by atoms with Crippen LogP contribution in [0.15, 0.2) is 0 Å². The van der Waals surface area contributed by atoms with E-state index in [9.17, 15) is 14.7 Å². The van der Waals surface area contributed by atoms with Crippen LogP contribution in [-0.2, 0) is 14.3 Å². The van der Waals surface area contributed by atoms with Crippen molar-refractivity contribution in [1.82, 2.24) is 5.32 Å². The summed E-state index contributed by atoms with van der Waals surface area (Å²) in [7, 11) is 0. The van der Waals surface area contributed by atoms with Gasteiger partial charge in [0.1, 0.15) is 0 Å². The Bertz CT molecular complexity index is 229. The molecule has 0 saturated heterocycles.